The van der Waals surface area contributed by atoms with Crippen molar-refractivity contribution >= 4 is 39.1 Å². The molecule has 0 aliphatic carbocycles. The van der Waals surface area contributed by atoms with Gasteiger partial charge in [0.05, 0.1) is 10.2 Å². The van der Waals surface area contributed by atoms with Crippen LogP contribution >= 0.6 is 22.9 Å². The second-order valence-corrected chi connectivity index (χ2v) is 9.16. The second kappa shape index (κ2) is 8.33. The molecule has 1 aromatic carbocycles. The monoisotopic (exact) mass is 407 g/mol. The highest BCUT2D eigenvalue weighted by atomic mass is 35.5. The van der Waals surface area contributed by atoms with E-state index in [1.807, 2.05) is 11.0 Å². The minimum Gasteiger partial charge on any atom is -0.341 e. The molecule has 1 aromatic heterocycles. The summed E-state index contributed by atoms with van der Waals surface area (Å²) in [6, 6.07) is 5.39. The van der Waals surface area contributed by atoms with E-state index in [-0.39, 0.29) is 17.3 Å². The van der Waals surface area contributed by atoms with Crippen molar-refractivity contribution in [2.24, 2.45) is 5.92 Å². The normalized spacial score (nSPS) is 19.2. The minimum absolute atomic E-state index is 0.0368. The number of hydrogen-bond donors (Lipinski definition) is 0. The second-order valence-electron chi connectivity index (χ2n) is 7.73. The van der Waals surface area contributed by atoms with Crippen molar-refractivity contribution in [3.63, 3.8) is 0 Å². The van der Waals surface area contributed by atoms with Gasteiger partial charge in [0, 0.05) is 18.1 Å². The summed E-state index contributed by atoms with van der Waals surface area (Å²) >= 11 is 7.24. The minimum atomic E-state index is -0.0962. The Balaban J connectivity index is 1.33. The van der Waals surface area contributed by atoms with Gasteiger partial charge in [-0.15, -0.1) is 0 Å². The standard InChI is InChI=1S/C20H26ClN3O2S/c21-16-3-4-18-17(13-16)24(20(26)27-18)14-19(25)23-11-6-15(7-12-23)5-10-22-8-1-2-9-22/h3-4,13,15H,1-2,5-12,14H2. The van der Waals surface area contributed by atoms with Gasteiger partial charge in [-0.3, -0.25) is 14.2 Å². The topological polar surface area (TPSA) is 45.6 Å². The third kappa shape index (κ3) is 4.39. The van der Waals surface area contributed by atoms with Crippen LogP contribution in [-0.4, -0.2) is 53.0 Å². The van der Waals surface area contributed by atoms with E-state index in [9.17, 15) is 9.59 Å². The van der Waals surface area contributed by atoms with Gasteiger partial charge in [0.25, 0.3) is 0 Å². The van der Waals surface area contributed by atoms with Crippen LogP contribution in [0.5, 0.6) is 0 Å². The van der Waals surface area contributed by atoms with Crippen LogP contribution in [0, 0.1) is 5.92 Å². The summed E-state index contributed by atoms with van der Waals surface area (Å²) in [4.78, 5) is 29.4. The fraction of sp³-hybridized carbons (Fsp3) is 0.600. The molecule has 5 nitrogen and oxygen atoms in total. The molecule has 146 valence electrons. The Morgan fingerprint density at radius 2 is 1.89 bits per heavy atom. The Bertz CT molecular complexity index is 864. The van der Waals surface area contributed by atoms with Crippen LogP contribution in [0.2, 0.25) is 5.02 Å². The van der Waals surface area contributed by atoms with Crippen molar-refractivity contribution in [3.05, 3.63) is 32.9 Å². The molecule has 0 unspecified atom stereocenters. The number of fused-ring (bicyclic) bond motifs is 1. The zero-order valence-corrected chi connectivity index (χ0v) is 17.1. The van der Waals surface area contributed by atoms with Gasteiger partial charge in [0.15, 0.2) is 0 Å². The largest absolute Gasteiger partial charge is 0.341 e. The highest BCUT2D eigenvalue weighted by Gasteiger charge is 2.24. The number of halogens is 1. The lowest BCUT2D eigenvalue weighted by Gasteiger charge is -2.33. The van der Waals surface area contributed by atoms with Crippen molar-refractivity contribution in [1.29, 1.82) is 0 Å². The van der Waals surface area contributed by atoms with Crippen LogP contribution in [-0.2, 0) is 11.3 Å². The summed E-state index contributed by atoms with van der Waals surface area (Å²) in [5.74, 6) is 0.757. The van der Waals surface area contributed by atoms with E-state index in [0.717, 1.165) is 42.1 Å². The first kappa shape index (κ1) is 19.0. The molecule has 0 atom stereocenters. The Morgan fingerprint density at radius 3 is 2.63 bits per heavy atom. The first-order chi connectivity index (χ1) is 13.1. The average molecular weight is 408 g/mol. The van der Waals surface area contributed by atoms with Gasteiger partial charge in [-0.25, -0.2) is 0 Å². The van der Waals surface area contributed by atoms with Crippen LogP contribution in [0.3, 0.4) is 0 Å². The van der Waals surface area contributed by atoms with Crippen molar-refractivity contribution in [2.75, 3.05) is 32.7 Å². The molecule has 3 heterocycles. The number of aromatic nitrogens is 1. The van der Waals surface area contributed by atoms with Crippen molar-refractivity contribution in [2.45, 2.75) is 38.6 Å². The lowest BCUT2D eigenvalue weighted by atomic mass is 9.93. The highest BCUT2D eigenvalue weighted by molar-refractivity contribution is 7.16. The van der Waals surface area contributed by atoms with Gasteiger partial charge in [0.1, 0.15) is 6.54 Å². The van der Waals surface area contributed by atoms with Crippen LogP contribution < -0.4 is 4.87 Å². The fourth-order valence-electron chi connectivity index (χ4n) is 4.26. The van der Waals surface area contributed by atoms with Crippen molar-refractivity contribution < 1.29 is 4.79 Å². The Labute approximate surface area is 168 Å². The lowest BCUT2D eigenvalue weighted by molar-refractivity contribution is -0.133. The summed E-state index contributed by atoms with van der Waals surface area (Å²) in [6.45, 7) is 5.44. The van der Waals surface area contributed by atoms with Gasteiger partial charge >= 0.3 is 4.87 Å². The summed E-state index contributed by atoms with van der Waals surface area (Å²) in [7, 11) is 0. The first-order valence-corrected chi connectivity index (χ1v) is 11.1. The van der Waals surface area contributed by atoms with Gasteiger partial charge in [-0.2, -0.15) is 0 Å². The third-order valence-electron chi connectivity index (χ3n) is 5.94. The number of amides is 1. The Hall–Kier alpha value is -1.37. The first-order valence-electron chi connectivity index (χ1n) is 9.89. The van der Waals surface area contributed by atoms with Crippen LogP contribution in [0.1, 0.15) is 32.1 Å². The smallest absolute Gasteiger partial charge is 0.308 e. The zero-order chi connectivity index (χ0) is 18.8. The lowest BCUT2D eigenvalue weighted by Crippen LogP contribution is -2.41. The molecule has 2 fully saturated rings. The third-order valence-corrected chi connectivity index (χ3v) is 7.14. The number of piperidine rings is 1. The maximum atomic E-state index is 12.7. The molecular weight excluding hydrogens is 382 g/mol. The maximum Gasteiger partial charge on any atom is 0.308 e. The van der Waals surface area contributed by atoms with Crippen molar-refractivity contribution in [1.82, 2.24) is 14.4 Å². The molecule has 2 saturated heterocycles. The van der Waals surface area contributed by atoms with E-state index >= 15 is 0 Å². The number of carbonyl (C=O) groups is 1. The molecule has 0 N–H and O–H groups in total. The molecule has 7 heteroatoms. The number of rotatable bonds is 5. The predicted molar refractivity (Wildman–Crippen MR) is 111 cm³/mol. The van der Waals surface area contributed by atoms with E-state index < -0.39 is 0 Å². The van der Waals surface area contributed by atoms with Gasteiger partial charge < -0.3 is 9.80 Å². The summed E-state index contributed by atoms with van der Waals surface area (Å²) < 4.78 is 2.44. The predicted octanol–water partition coefficient (Wildman–Crippen LogP) is 3.44. The molecule has 2 aliphatic rings. The molecule has 4 rings (SSSR count). The number of benzene rings is 1. The molecular formula is C20H26ClN3O2S. The van der Waals surface area contributed by atoms with E-state index in [1.165, 1.54) is 50.2 Å². The van der Waals surface area contributed by atoms with Gasteiger partial charge in [0.2, 0.25) is 5.91 Å². The number of carbonyl (C=O) groups excluding carboxylic acids is 1. The van der Waals surface area contributed by atoms with E-state index in [4.69, 9.17) is 11.6 Å². The molecule has 1 amide bonds. The molecule has 2 aliphatic heterocycles. The number of hydrogen-bond acceptors (Lipinski definition) is 4. The van der Waals surface area contributed by atoms with Crippen LogP contribution in [0.25, 0.3) is 10.2 Å². The molecule has 27 heavy (non-hydrogen) atoms. The summed E-state index contributed by atoms with van der Waals surface area (Å²) in [6.07, 6.45) is 6.08. The molecule has 0 spiro atoms. The van der Waals surface area contributed by atoms with Crippen LogP contribution in [0.4, 0.5) is 0 Å². The van der Waals surface area contributed by atoms with Gasteiger partial charge in [-0.1, -0.05) is 22.9 Å². The number of thiazole rings is 1. The van der Waals surface area contributed by atoms with E-state index in [1.54, 1.807) is 16.7 Å². The van der Waals surface area contributed by atoms with E-state index in [2.05, 4.69) is 4.90 Å². The number of likely N-dealkylation sites (tertiary alicyclic amines) is 2. The molecule has 0 bridgehead atoms. The van der Waals surface area contributed by atoms with Gasteiger partial charge in [-0.05, 0) is 75.9 Å². The molecule has 0 radical (unpaired) electrons. The summed E-state index contributed by atoms with van der Waals surface area (Å²) in [5, 5.41) is 0.584. The Kier molecular flexibility index (Phi) is 5.85. The maximum absolute atomic E-state index is 12.7. The van der Waals surface area contributed by atoms with Crippen molar-refractivity contribution in [3.8, 4) is 0 Å². The highest BCUT2D eigenvalue weighted by Crippen LogP contribution is 2.24. The summed E-state index contributed by atoms with van der Waals surface area (Å²) in [5.41, 5.74) is 0.756. The molecule has 0 saturated carbocycles. The zero-order valence-electron chi connectivity index (χ0n) is 15.5. The van der Waals surface area contributed by atoms with Crippen LogP contribution in [0.15, 0.2) is 23.0 Å². The molecule has 2 aromatic rings. The fourth-order valence-corrected chi connectivity index (χ4v) is 5.30. The quantitative estimate of drug-likeness (QED) is 0.762. The number of nitrogens with zero attached hydrogens (tertiary/aromatic N) is 3. The average Bonchev–Trinajstić information content (AvgIpc) is 3.29. The SMILES string of the molecule is O=C(Cn1c(=O)sc2ccc(Cl)cc21)N1CCC(CCN2CCCC2)CC1. The Morgan fingerprint density at radius 1 is 1.15 bits per heavy atom. The van der Waals surface area contributed by atoms with E-state index in [0.29, 0.717) is 5.02 Å².